The zero-order chi connectivity index (χ0) is 13.7. The third kappa shape index (κ3) is 3.89. The topological polar surface area (TPSA) is 64.4 Å². The van der Waals surface area contributed by atoms with Gasteiger partial charge in [0, 0.05) is 12.7 Å². The summed E-state index contributed by atoms with van der Waals surface area (Å²) < 4.78 is 5.54. The predicted octanol–water partition coefficient (Wildman–Crippen LogP) is 2.76. The van der Waals surface area contributed by atoms with Crippen molar-refractivity contribution in [3.63, 3.8) is 0 Å². The molecule has 0 bridgehead atoms. The van der Waals surface area contributed by atoms with Crippen LogP contribution in [0.2, 0.25) is 5.02 Å². The summed E-state index contributed by atoms with van der Waals surface area (Å²) in [4.78, 5) is 10.5. The summed E-state index contributed by atoms with van der Waals surface area (Å²) >= 11 is 5.99. The number of halogens is 1. The highest BCUT2D eigenvalue weighted by atomic mass is 35.5. The van der Waals surface area contributed by atoms with E-state index in [0.29, 0.717) is 23.1 Å². The lowest BCUT2D eigenvalue weighted by molar-refractivity contribution is -0.385. The molecule has 1 aliphatic rings. The van der Waals surface area contributed by atoms with Gasteiger partial charge in [-0.15, -0.1) is 0 Å². The second-order valence-electron chi connectivity index (χ2n) is 4.69. The van der Waals surface area contributed by atoms with Crippen molar-refractivity contribution in [3.05, 3.63) is 38.9 Å². The second-order valence-corrected chi connectivity index (χ2v) is 5.10. The molecule has 0 spiro atoms. The standard InChI is InChI=1S/C13H17ClN2O3/c14-12-2-1-3-13(16(17)18)11(12)9-19-7-5-10-4-6-15-8-10/h1-3,10,15H,4-9H2. The average molecular weight is 285 g/mol. The summed E-state index contributed by atoms with van der Waals surface area (Å²) in [5.41, 5.74) is 0.480. The van der Waals surface area contributed by atoms with Gasteiger partial charge in [-0.3, -0.25) is 10.1 Å². The summed E-state index contributed by atoms with van der Waals surface area (Å²) in [6, 6.07) is 4.67. The van der Waals surface area contributed by atoms with Gasteiger partial charge in [0.25, 0.3) is 5.69 Å². The average Bonchev–Trinajstić information content (AvgIpc) is 2.88. The number of nitrogens with one attached hydrogen (secondary N) is 1. The molecular weight excluding hydrogens is 268 g/mol. The molecule has 1 unspecified atom stereocenters. The van der Waals surface area contributed by atoms with E-state index in [1.165, 1.54) is 12.5 Å². The summed E-state index contributed by atoms with van der Waals surface area (Å²) in [5, 5.41) is 14.6. The molecule has 0 radical (unpaired) electrons. The molecule has 0 amide bonds. The van der Waals surface area contributed by atoms with Crippen molar-refractivity contribution in [1.82, 2.24) is 5.32 Å². The molecule has 0 aromatic heterocycles. The Kier molecular flexibility index (Phi) is 5.13. The van der Waals surface area contributed by atoms with Gasteiger partial charge < -0.3 is 10.1 Å². The maximum absolute atomic E-state index is 10.9. The lowest BCUT2D eigenvalue weighted by Gasteiger charge is -2.09. The van der Waals surface area contributed by atoms with Gasteiger partial charge in [-0.25, -0.2) is 0 Å². The summed E-state index contributed by atoms with van der Waals surface area (Å²) in [6.07, 6.45) is 2.15. The normalized spacial score (nSPS) is 18.7. The monoisotopic (exact) mass is 284 g/mol. The van der Waals surface area contributed by atoms with Crippen LogP contribution in [0.5, 0.6) is 0 Å². The Labute approximate surface area is 117 Å². The first-order chi connectivity index (χ1) is 9.18. The molecule has 0 saturated carbocycles. The van der Waals surface area contributed by atoms with Crippen molar-refractivity contribution in [3.8, 4) is 0 Å². The molecule has 1 aromatic rings. The Morgan fingerprint density at radius 1 is 1.53 bits per heavy atom. The van der Waals surface area contributed by atoms with Crippen molar-refractivity contribution in [2.45, 2.75) is 19.4 Å². The number of hydrogen-bond donors (Lipinski definition) is 1. The van der Waals surface area contributed by atoms with Crippen molar-refractivity contribution < 1.29 is 9.66 Å². The van der Waals surface area contributed by atoms with E-state index in [9.17, 15) is 10.1 Å². The molecular formula is C13H17ClN2O3. The molecule has 19 heavy (non-hydrogen) atoms. The van der Waals surface area contributed by atoms with E-state index in [-0.39, 0.29) is 12.3 Å². The van der Waals surface area contributed by atoms with Crippen molar-refractivity contribution in [2.24, 2.45) is 5.92 Å². The number of ether oxygens (including phenoxy) is 1. The van der Waals surface area contributed by atoms with E-state index < -0.39 is 4.92 Å². The van der Waals surface area contributed by atoms with Gasteiger partial charge in [0.2, 0.25) is 0 Å². The number of hydrogen-bond acceptors (Lipinski definition) is 4. The zero-order valence-electron chi connectivity index (χ0n) is 10.6. The predicted molar refractivity (Wildman–Crippen MR) is 73.4 cm³/mol. The van der Waals surface area contributed by atoms with Crippen LogP contribution in [0.3, 0.4) is 0 Å². The fraction of sp³-hybridized carbons (Fsp3) is 0.538. The Bertz CT molecular complexity index is 448. The fourth-order valence-electron chi connectivity index (χ4n) is 2.25. The number of nitro benzene ring substituents is 1. The van der Waals surface area contributed by atoms with E-state index in [1.807, 2.05) is 0 Å². The molecule has 1 fully saturated rings. The molecule has 1 aromatic carbocycles. The van der Waals surface area contributed by atoms with E-state index in [1.54, 1.807) is 12.1 Å². The van der Waals surface area contributed by atoms with E-state index in [2.05, 4.69) is 5.32 Å². The SMILES string of the molecule is O=[N+]([O-])c1cccc(Cl)c1COCCC1CCNC1. The Morgan fingerprint density at radius 2 is 2.37 bits per heavy atom. The molecule has 6 heteroatoms. The lowest BCUT2D eigenvalue weighted by Crippen LogP contribution is -2.11. The van der Waals surface area contributed by atoms with Gasteiger partial charge in [-0.1, -0.05) is 17.7 Å². The van der Waals surface area contributed by atoms with Gasteiger partial charge in [0.05, 0.1) is 22.1 Å². The quantitative estimate of drug-likeness (QED) is 0.496. The van der Waals surface area contributed by atoms with Crippen molar-refractivity contribution in [2.75, 3.05) is 19.7 Å². The van der Waals surface area contributed by atoms with Gasteiger partial charge in [0.15, 0.2) is 0 Å². The third-order valence-electron chi connectivity index (χ3n) is 3.37. The molecule has 5 nitrogen and oxygen atoms in total. The Balaban J connectivity index is 1.86. The highest BCUT2D eigenvalue weighted by molar-refractivity contribution is 6.31. The molecule has 1 atom stereocenters. The third-order valence-corrected chi connectivity index (χ3v) is 3.72. The number of rotatable bonds is 6. The number of nitro groups is 1. The maximum Gasteiger partial charge on any atom is 0.276 e. The first-order valence-electron chi connectivity index (χ1n) is 6.38. The molecule has 1 saturated heterocycles. The first-order valence-corrected chi connectivity index (χ1v) is 6.76. The maximum atomic E-state index is 10.9. The second kappa shape index (κ2) is 6.84. The Hall–Kier alpha value is -1.17. The zero-order valence-corrected chi connectivity index (χ0v) is 11.4. The minimum absolute atomic E-state index is 0.0232. The molecule has 0 aliphatic carbocycles. The highest BCUT2D eigenvalue weighted by Crippen LogP contribution is 2.27. The van der Waals surface area contributed by atoms with Crippen LogP contribution in [0.4, 0.5) is 5.69 Å². The van der Waals surface area contributed by atoms with E-state index >= 15 is 0 Å². The van der Waals surface area contributed by atoms with Gasteiger partial charge in [0.1, 0.15) is 0 Å². The summed E-state index contributed by atoms with van der Waals surface area (Å²) in [7, 11) is 0. The number of nitrogens with zero attached hydrogens (tertiary/aromatic N) is 1. The van der Waals surface area contributed by atoms with Gasteiger partial charge in [-0.05, 0) is 37.9 Å². The smallest absolute Gasteiger partial charge is 0.276 e. The van der Waals surface area contributed by atoms with Crippen molar-refractivity contribution in [1.29, 1.82) is 0 Å². The Morgan fingerprint density at radius 3 is 3.05 bits per heavy atom. The minimum Gasteiger partial charge on any atom is -0.376 e. The minimum atomic E-state index is -0.425. The van der Waals surface area contributed by atoms with Crippen LogP contribution < -0.4 is 5.32 Å². The first kappa shape index (κ1) is 14.2. The molecule has 104 valence electrons. The van der Waals surface area contributed by atoms with Gasteiger partial charge in [-0.2, -0.15) is 0 Å². The van der Waals surface area contributed by atoms with Crippen LogP contribution in [0.25, 0.3) is 0 Å². The van der Waals surface area contributed by atoms with E-state index in [0.717, 1.165) is 19.5 Å². The number of benzene rings is 1. The molecule has 2 rings (SSSR count). The van der Waals surface area contributed by atoms with E-state index in [4.69, 9.17) is 16.3 Å². The van der Waals surface area contributed by atoms with Crippen LogP contribution in [0.1, 0.15) is 18.4 Å². The van der Waals surface area contributed by atoms with Crippen LogP contribution in [0, 0.1) is 16.0 Å². The molecule has 1 heterocycles. The van der Waals surface area contributed by atoms with Crippen LogP contribution in [-0.2, 0) is 11.3 Å². The highest BCUT2D eigenvalue weighted by Gasteiger charge is 2.17. The van der Waals surface area contributed by atoms with Gasteiger partial charge >= 0.3 is 0 Å². The van der Waals surface area contributed by atoms with Crippen LogP contribution in [-0.4, -0.2) is 24.6 Å². The van der Waals surface area contributed by atoms with Crippen LogP contribution >= 0.6 is 11.6 Å². The lowest BCUT2D eigenvalue weighted by atomic mass is 10.1. The van der Waals surface area contributed by atoms with Crippen molar-refractivity contribution >= 4 is 17.3 Å². The summed E-state index contributed by atoms with van der Waals surface area (Å²) in [6.45, 7) is 2.90. The molecule has 1 N–H and O–H groups in total. The largest absolute Gasteiger partial charge is 0.376 e. The van der Waals surface area contributed by atoms with Crippen LogP contribution in [0.15, 0.2) is 18.2 Å². The summed E-state index contributed by atoms with van der Waals surface area (Å²) in [5.74, 6) is 0.654. The molecule has 1 aliphatic heterocycles. The fourth-order valence-corrected chi connectivity index (χ4v) is 2.47.